The molecule has 1 aromatic heterocycles. The van der Waals surface area contributed by atoms with E-state index in [1.165, 1.54) is 0 Å². The Morgan fingerprint density at radius 1 is 0.955 bits per heavy atom. The van der Waals surface area contributed by atoms with E-state index in [1.54, 1.807) is 11.8 Å². The highest BCUT2D eigenvalue weighted by molar-refractivity contribution is 8.00. The summed E-state index contributed by atoms with van der Waals surface area (Å²) in [4.78, 5) is 31.6. The fourth-order valence-corrected chi connectivity index (χ4v) is 7.23. The number of halogens is 3. The van der Waals surface area contributed by atoms with Crippen molar-refractivity contribution < 1.29 is 9.53 Å². The van der Waals surface area contributed by atoms with Crippen LogP contribution in [0.25, 0.3) is 10.9 Å². The number of fused-ring (bicyclic) bond motifs is 1. The summed E-state index contributed by atoms with van der Waals surface area (Å²) >= 11 is 20.0. The molecular weight excluding hydrogens is 641 g/mol. The van der Waals surface area contributed by atoms with Gasteiger partial charge in [0.1, 0.15) is 0 Å². The number of H-pyrrole nitrogens is 1. The number of thioether (sulfide) groups is 1. The lowest BCUT2D eigenvalue weighted by atomic mass is 10.0. The molecule has 44 heavy (non-hydrogen) atoms. The molecule has 4 aromatic rings. The van der Waals surface area contributed by atoms with Crippen molar-refractivity contribution in [3.63, 3.8) is 0 Å². The maximum absolute atomic E-state index is 13.2. The molecule has 0 bridgehead atoms. The number of carbonyl (C=O) groups excluding carboxylic acids is 1. The lowest BCUT2D eigenvalue weighted by molar-refractivity contribution is -0.129. The second kappa shape index (κ2) is 16.0. The first-order valence-electron chi connectivity index (χ1n) is 14.5. The van der Waals surface area contributed by atoms with Crippen molar-refractivity contribution in [3.8, 4) is 0 Å². The summed E-state index contributed by atoms with van der Waals surface area (Å²) < 4.78 is 5.20. The van der Waals surface area contributed by atoms with Gasteiger partial charge in [-0.25, -0.2) is 0 Å². The molecule has 1 amide bonds. The molecule has 0 saturated carbocycles. The topological polar surface area (TPSA) is 90.0 Å². The van der Waals surface area contributed by atoms with Crippen LogP contribution < -0.4 is 5.43 Å². The molecule has 1 unspecified atom stereocenters. The minimum atomic E-state index is -0.0891. The quantitative estimate of drug-likeness (QED) is 0.102. The van der Waals surface area contributed by atoms with Gasteiger partial charge in [0, 0.05) is 92.3 Å². The summed E-state index contributed by atoms with van der Waals surface area (Å²) in [7, 11) is 0. The van der Waals surface area contributed by atoms with Crippen molar-refractivity contribution in [2.24, 2.45) is 5.29 Å². The molecule has 2 atom stereocenters. The van der Waals surface area contributed by atoms with Gasteiger partial charge in [0.25, 0.3) is 0 Å². The Labute approximate surface area is 276 Å². The lowest BCUT2D eigenvalue weighted by Crippen LogP contribution is -2.37. The minimum Gasteiger partial charge on any atom is -0.379 e. The normalized spacial score (nSPS) is 18.7. The SMILES string of the molecule is O=C1CC(Sc2ccc(Cl)cc2)[C@H](c2c[nH]c3cc(Cl)ccc23)N1Cc1ccc(Cl)cc1.O=NNCCCN1CCOCC1. The van der Waals surface area contributed by atoms with E-state index in [1.807, 2.05) is 77.8 Å². The number of nitrogens with zero attached hydrogens (tertiary/aromatic N) is 3. The van der Waals surface area contributed by atoms with Gasteiger partial charge in [0.15, 0.2) is 0 Å². The van der Waals surface area contributed by atoms with Crippen LogP contribution in [0.4, 0.5) is 0 Å². The number of aromatic amines is 1. The molecule has 2 aliphatic rings. The summed E-state index contributed by atoms with van der Waals surface area (Å²) in [6, 6.07) is 21.2. The number of carbonyl (C=O) groups is 1. The van der Waals surface area contributed by atoms with E-state index in [4.69, 9.17) is 39.5 Å². The number of amides is 1. The van der Waals surface area contributed by atoms with Crippen molar-refractivity contribution in [1.82, 2.24) is 20.2 Å². The molecule has 0 radical (unpaired) electrons. The van der Waals surface area contributed by atoms with Gasteiger partial charge in [-0.1, -0.05) is 53.0 Å². The lowest BCUT2D eigenvalue weighted by Gasteiger charge is -2.28. The first-order chi connectivity index (χ1) is 21.4. The highest BCUT2D eigenvalue weighted by Gasteiger charge is 2.42. The number of nitrogens with one attached hydrogen (secondary N) is 2. The smallest absolute Gasteiger partial charge is 0.224 e. The zero-order valence-corrected chi connectivity index (χ0v) is 27.1. The van der Waals surface area contributed by atoms with Crippen LogP contribution in [0.5, 0.6) is 0 Å². The number of hydrogen-bond donors (Lipinski definition) is 2. The molecule has 3 aromatic carbocycles. The van der Waals surface area contributed by atoms with Crippen LogP contribution >= 0.6 is 46.6 Å². The van der Waals surface area contributed by atoms with Gasteiger partial charge in [-0.2, -0.15) is 0 Å². The van der Waals surface area contributed by atoms with Crippen LogP contribution in [0.2, 0.25) is 15.1 Å². The van der Waals surface area contributed by atoms with Crippen LogP contribution in [0, 0.1) is 4.91 Å². The molecule has 0 spiro atoms. The molecule has 6 rings (SSSR count). The van der Waals surface area contributed by atoms with Gasteiger partial charge >= 0.3 is 0 Å². The fourth-order valence-electron chi connectivity index (χ4n) is 5.51. The summed E-state index contributed by atoms with van der Waals surface area (Å²) in [6.07, 6.45) is 3.44. The highest BCUT2D eigenvalue weighted by atomic mass is 35.5. The number of aromatic nitrogens is 1. The Kier molecular flexibility index (Phi) is 11.8. The summed E-state index contributed by atoms with van der Waals surface area (Å²) in [5.74, 6) is 0.139. The van der Waals surface area contributed by atoms with Crippen molar-refractivity contribution in [1.29, 1.82) is 0 Å². The van der Waals surface area contributed by atoms with Crippen LogP contribution in [0.15, 0.2) is 83.1 Å². The van der Waals surface area contributed by atoms with E-state index in [2.05, 4.69) is 20.6 Å². The van der Waals surface area contributed by atoms with E-state index in [9.17, 15) is 9.70 Å². The van der Waals surface area contributed by atoms with E-state index < -0.39 is 0 Å². The van der Waals surface area contributed by atoms with Crippen molar-refractivity contribution in [3.05, 3.63) is 104 Å². The Morgan fingerprint density at radius 2 is 1.64 bits per heavy atom. The average molecular weight is 675 g/mol. The van der Waals surface area contributed by atoms with Crippen molar-refractivity contribution >= 4 is 63.4 Å². The largest absolute Gasteiger partial charge is 0.379 e. The van der Waals surface area contributed by atoms with Crippen molar-refractivity contribution in [2.45, 2.75) is 35.6 Å². The van der Waals surface area contributed by atoms with Gasteiger partial charge in [0.2, 0.25) is 5.91 Å². The van der Waals surface area contributed by atoms with Crippen molar-refractivity contribution in [2.75, 3.05) is 39.4 Å². The maximum atomic E-state index is 13.2. The summed E-state index contributed by atoms with van der Waals surface area (Å²) in [5.41, 5.74) is 5.51. The van der Waals surface area contributed by atoms with Crippen LogP contribution in [0.3, 0.4) is 0 Å². The molecule has 2 N–H and O–H groups in total. The monoisotopic (exact) mass is 673 g/mol. The van der Waals surface area contributed by atoms with E-state index in [-0.39, 0.29) is 17.2 Å². The third-order valence-corrected chi connectivity index (χ3v) is 9.69. The standard InChI is InChI=1S/C25H19Cl3N2OS.C7H15N3O2/c26-16-3-1-15(2-4-16)14-30-24(31)12-23(32-19-8-5-17(27)6-9-19)25(30)21-13-29-22-11-18(28)7-10-20(21)22;11-9-8-2-1-3-10-4-6-12-7-5-10/h1-11,13,23,25,29H,12,14H2;1-7H2,(H,8,11)/t23?,25-;/m0./s1. The van der Waals surface area contributed by atoms with Crippen LogP contribution in [0.1, 0.15) is 30.0 Å². The first kappa shape index (κ1) is 32.6. The summed E-state index contributed by atoms with van der Waals surface area (Å²) in [5, 5.41) is 5.78. The molecule has 0 aliphatic carbocycles. The van der Waals surface area contributed by atoms with Gasteiger partial charge in [-0.3, -0.25) is 15.1 Å². The van der Waals surface area contributed by atoms with Gasteiger partial charge < -0.3 is 14.6 Å². The molecule has 8 nitrogen and oxygen atoms in total. The summed E-state index contributed by atoms with van der Waals surface area (Å²) in [6.45, 7) is 5.90. The molecule has 3 heterocycles. The van der Waals surface area contributed by atoms with Gasteiger partial charge in [-0.15, -0.1) is 16.7 Å². The second-order valence-electron chi connectivity index (χ2n) is 10.6. The second-order valence-corrected chi connectivity index (χ2v) is 13.3. The third kappa shape index (κ3) is 8.68. The van der Waals surface area contributed by atoms with E-state index in [0.717, 1.165) is 66.2 Å². The van der Waals surface area contributed by atoms with Gasteiger partial charge in [0.05, 0.1) is 19.3 Å². The third-order valence-electron chi connectivity index (χ3n) is 7.68. The Bertz CT molecular complexity index is 1530. The van der Waals surface area contributed by atoms with Gasteiger partial charge in [-0.05, 0) is 60.5 Å². The Morgan fingerprint density at radius 3 is 2.34 bits per heavy atom. The zero-order valence-electron chi connectivity index (χ0n) is 24.1. The minimum absolute atomic E-state index is 0.0608. The molecule has 232 valence electrons. The van der Waals surface area contributed by atoms with E-state index >= 15 is 0 Å². The van der Waals surface area contributed by atoms with Crippen LogP contribution in [-0.4, -0.2) is 65.3 Å². The molecule has 12 heteroatoms. The predicted octanol–water partition coefficient (Wildman–Crippen LogP) is 7.74. The number of ether oxygens (including phenoxy) is 1. The zero-order chi connectivity index (χ0) is 30.9. The molecule has 2 aliphatic heterocycles. The number of benzene rings is 3. The molecule has 2 fully saturated rings. The number of hydrogen-bond acceptors (Lipinski definition) is 6. The maximum Gasteiger partial charge on any atom is 0.224 e. The molecule has 2 saturated heterocycles. The average Bonchev–Trinajstić information content (AvgIpc) is 3.57. The number of rotatable bonds is 10. The Hall–Kier alpha value is -2.79. The Balaban J connectivity index is 0.000000270. The predicted molar refractivity (Wildman–Crippen MR) is 179 cm³/mol. The number of nitroso groups, excluding NO2 is 1. The number of morpholine rings is 1. The first-order valence-corrected chi connectivity index (χ1v) is 16.5. The van der Waals surface area contributed by atoms with E-state index in [0.29, 0.717) is 34.6 Å². The number of likely N-dealkylation sites (tertiary alicyclic amines) is 1. The highest BCUT2D eigenvalue weighted by Crippen LogP contribution is 2.46. The molecular formula is C32H34Cl3N5O3S. The fraction of sp³-hybridized carbons (Fsp3) is 0.344. The van der Waals surface area contributed by atoms with Crippen LogP contribution in [-0.2, 0) is 16.1 Å².